The number of ether oxygens (including phenoxy) is 1. The van der Waals surface area contributed by atoms with Crippen LogP contribution in [0.5, 0.6) is 0 Å². The SMILES string of the molecule is Cc1cc(-c2nc(C3CCOCC3)cc3ccc(F)cc23)c2oc3ccccc3c2c1. The number of hydrogen-bond donors (Lipinski definition) is 0. The Balaban J connectivity index is 1.68. The lowest BCUT2D eigenvalue weighted by Crippen LogP contribution is -2.15. The van der Waals surface area contributed by atoms with E-state index in [-0.39, 0.29) is 5.82 Å². The van der Waals surface area contributed by atoms with Crippen LogP contribution >= 0.6 is 0 Å². The van der Waals surface area contributed by atoms with Crippen LogP contribution in [0.4, 0.5) is 4.39 Å². The van der Waals surface area contributed by atoms with Gasteiger partial charge >= 0.3 is 0 Å². The third-order valence-corrected chi connectivity index (χ3v) is 6.33. The molecule has 6 rings (SSSR count). The Kier molecular flexibility index (Phi) is 4.29. The first-order valence-corrected chi connectivity index (χ1v) is 10.8. The number of benzene rings is 3. The molecule has 4 heteroatoms. The Morgan fingerprint density at radius 3 is 2.61 bits per heavy atom. The fraction of sp³-hybridized carbons (Fsp3) is 0.222. The molecule has 3 aromatic carbocycles. The van der Waals surface area contributed by atoms with Gasteiger partial charge in [0.05, 0.1) is 5.69 Å². The zero-order chi connectivity index (χ0) is 20.9. The topological polar surface area (TPSA) is 35.3 Å². The van der Waals surface area contributed by atoms with Crippen molar-refractivity contribution in [3.05, 3.63) is 77.7 Å². The standard InChI is InChI=1S/C27H22FNO2/c1-16-12-22-20-4-2-3-5-25(20)31-27(22)23(13-16)26-21-15-19(28)7-6-18(21)14-24(29-26)17-8-10-30-11-9-17/h2-7,12-15,17H,8-11H2,1H3. The Labute approximate surface area is 179 Å². The van der Waals surface area contributed by atoms with Crippen molar-refractivity contribution < 1.29 is 13.5 Å². The molecule has 1 aliphatic rings. The fourth-order valence-electron chi connectivity index (χ4n) is 4.80. The molecule has 0 amide bonds. The molecular weight excluding hydrogens is 389 g/mol. The van der Waals surface area contributed by atoms with E-state index in [1.807, 2.05) is 24.3 Å². The Bertz CT molecular complexity index is 1450. The molecular formula is C27H22FNO2. The molecule has 0 N–H and O–H groups in total. The van der Waals surface area contributed by atoms with E-state index in [1.54, 1.807) is 6.07 Å². The molecule has 1 saturated heterocycles. The van der Waals surface area contributed by atoms with E-state index >= 15 is 0 Å². The van der Waals surface area contributed by atoms with Crippen LogP contribution in [0.2, 0.25) is 0 Å². The van der Waals surface area contributed by atoms with E-state index in [2.05, 4.69) is 31.2 Å². The first-order valence-electron chi connectivity index (χ1n) is 10.8. The number of fused-ring (bicyclic) bond motifs is 4. The molecule has 0 aliphatic carbocycles. The van der Waals surface area contributed by atoms with Crippen LogP contribution in [-0.4, -0.2) is 18.2 Å². The van der Waals surface area contributed by atoms with Crippen LogP contribution in [0.25, 0.3) is 44.0 Å². The molecule has 0 unspecified atom stereocenters. The maximum atomic E-state index is 14.3. The zero-order valence-corrected chi connectivity index (χ0v) is 17.3. The number of aromatic nitrogens is 1. The molecule has 0 atom stereocenters. The summed E-state index contributed by atoms with van der Waals surface area (Å²) in [6.07, 6.45) is 1.90. The maximum absolute atomic E-state index is 14.3. The number of rotatable bonds is 2. The van der Waals surface area contributed by atoms with Crippen LogP contribution < -0.4 is 0 Å². The van der Waals surface area contributed by atoms with Gasteiger partial charge in [0.25, 0.3) is 0 Å². The number of nitrogens with zero attached hydrogens (tertiary/aromatic N) is 1. The largest absolute Gasteiger partial charge is 0.455 e. The summed E-state index contributed by atoms with van der Waals surface area (Å²) in [5.41, 5.74) is 5.51. The predicted octanol–water partition coefficient (Wildman–Crippen LogP) is 7.14. The van der Waals surface area contributed by atoms with Crippen molar-refractivity contribution in [3.63, 3.8) is 0 Å². The van der Waals surface area contributed by atoms with Gasteiger partial charge in [-0.15, -0.1) is 0 Å². The molecule has 154 valence electrons. The van der Waals surface area contributed by atoms with E-state index in [0.29, 0.717) is 5.92 Å². The number of hydrogen-bond acceptors (Lipinski definition) is 3. The van der Waals surface area contributed by atoms with E-state index in [0.717, 1.165) is 81.3 Å². The number of para-hydroxylation sites is 1. The summed E-state index contributed by atoms with van der Waals surface area (Å²) >= 11 is 0. The minimum atomic E-state index is -0.261. The van der Waals surface area contributed by atoms with Gasteiger partial charge in [0.2, 0.25) is 0 Å². The van der Waals surface area contributed by atoms with Gasteiger partial charge in [-0.3, -0.25) is 4.98 Å². The second-order valence-corrected chi connectivity index (χ2v) is 8.44. The molecule has 0 spiro atoms. The van der Waals surface area contributed by atoms with E-state index < -0.39 is 0 Å². The number of pyridine rings is 1. The molecule has 3 nitrogen and oxygen atoms in total. The van der Waals surface area contributed by atoms with E-state index in [4.69, 9.17) is 14.1 Å². The van der Waals surface area contributed by atoms with Crippen molar-refractivity contribution in [3.8, 4) is 11.3 Å². The second-order valence-electron chi connectivity index (χ2n) is 8.44. The highest BCUT2D eigenvalue weighted by molar-refractivity contribution is 6.11. The number of furan rings is 1. The highest BCUT2D eigenvalue weighted by Crippen LogP contribution is 2.40. The van der Waals surface area contributed by atoms with Gasteiger partial charge in [0.1, 0.15) is 17.0 Å². The van der Waals surface area contributed by atoms with Gasteiger partial charge in [-0.05, 0) is 67.1 Å². The van der Waals surface area contributed by atoms with E-state index in [1.165, 1.54) is 6.07 Å². The van der Waals surface area contributed by atoms with Gasteiger partial charge in [0.15, 0.2) is 0 Å². The van der Waals surface area contributed by atoms with Crippen molar-refractivity contribution >= 4 is 32.7 Å². The quantitative estimate of drug-likeness (QED) is 0.310. The minimum Gasteiger partial charge on any atom is -0.455 e. The van der Waals surface area contributed by atoms with Crippen molar-refractivity contribution in [2.45, 2.75) is 25.7 Å². The van der Waals surface area contributed by atoms with Gasteiger partial charge < -0.3 is 9.15 Å². The normalized spacial score (nSPS) is 15.3. The average molecular weight is 411 g/mol. The van der Waals surface area contributed by atoms with Gasteiger partial charge in [-0.1, -0.05) is 24.3 Å². The Morgan fingerprint density at radius 1 is 0.903 bits per heavy atom. The molecule has 0 bridgehead atoms. The summed E-state index contributed by atoms with van der Waals surface area (Å²) in [5.74, 6) is 0.0841. The van der Waals surface area contributed by atoms with Crippen LogP contribution in [0.3, 0.4) is 0 Å². The first kappa shape index (κ1) is 18.5. The Hall–Kier alpha value is -3.24. The molecule has 2 aromatic heterocycles. The number of aryl methyl sites for hydroxylation is 1. The molecule has 0 radical (unpaired) electrons. The molecule has 31 heavy (non-hydrogen) atoms. The smallest absolute Gasteiger partial charge is 0.144 e. The van der Waals surface area contributed by atoms with Crippen LogP contribution in [0, 0.1) is 12.7 Å². The van der Waals surface area contributed by atoms with Crippen molar-refractivity contribution in [1.29, 1.82) is 0 Å². The third kappa shape index (κ3) is 3.10. The van der Waals surface area contributed by atoms with Crippen molar-refractivity contribution in [2.75, 3.05) is 13.2 Å². The van der Waals surface area contributed by atoms with Crippen molar-refractivity contribution in [1.82, 2.24) is 4.98 Å². The summed E-state index contributed by atoms with van der Waals surface area (Å²) in [6, 6.07) is 19.4. The zero-order valence-electron chi connectivity index (χ0n) is 17.3. The Morgan fingerprint density at radius 2 is 1.74 bits per heavy atom. The van der Waals surface area contributed by atoms with E-state index in [9.17, 15) is 4.39 Å². The number of halogens is 1. The minimum absolute atomic E-state index is 0.261. The highest BCUT2D eigenvalue weighted by Gasteiger charge is 2.22. The molecule has 0 saturated carbocycles. The fourth-order valence-corrected chi connectivity index (χ4v) is 4.80. The first-order chi connectivity index (χ1) is 15.2. The predicted molar refractivity (Wildman–Crippen MR) is 122 cm³/mol. The molecule has 1 fully saturated rings. The lowest BCUT2D eigenvalue weighted by atomic mass is 9.92. The molecule has 1 aliphatic heterocycles. The van der Waals surface area contributed by atoms with Gasteiger partial charge in [-0.2, -0.15) is 0 Å². The maximum Gasteiger partial charge on any atom is 0.144 e. The van der Waals surface area contributed by atoms with Gasteiger partial charge in [0, 0.05) is 46.5 Å². The molecule has 3 heterocycles. The third-order valence-electron chi connectivity index (χ3n) is 6.33. The summed E-state index contributed by atoms with van der Waals surface area (Å²) in [4.78, 5) is 5.12. The van der Waals surface area contributed by atoms with Crippen molar-refractivity contribution in [2.24, 2.45) is 0 Å². The lowest BCUT2D eigenvalue weighted by molar-refractivity contribution is 0.0845. The lowest BCUT2D eigenvalue weighted by Gasteiger charge is -2.23. The van der Waals surface area contributed by atoms with Gasteiger partial charge in [-0.25, -0.2) is 4.39 Å². The van der Waals surface area contributed by atoms with Crippen LogP contribution in [0.1, 0.15) is 30.0 Å². The summed E-state index contributed by atoms with van der Waals surface area (Å²) in [7, 11) is 0. The highest BCUT2D eigenvalue weighted by atomic mass is 19.1. The summed E-state index contributed by atoms with van der Waals surface area (Å²) < 4.78 is 26.1. The second kappa shape index (κ2) is 7.17. The summed E-state index contributed by atoms with van der Waals surface area (Å²) in [5, 5.41) is 3.95. The summed E-state index contributed by atoms with van der Waals surface area (Å²) in [6.45, 7) is 3.58. The monoisotopic (exact) mass is 411 g/mol. The van der Waals surface area contributed by atoms with Crippen LogP contribution in [0.15, 0.2) is 65.1 Å². The van der Waals surface area contributed by atoms with Crippen LogP contribution in [-0.2, 0) is 4.74 Å². The average Bonchev–Trinajstić information content (AvgIpc) is 3.17. The molecule has 5 aromatic rings.